The Kier molecular flexibility index (Phi) is 5.44. The van der Waals surface area contributed by atoms with Gasteiger partial charge in [0.2, 0.25) is 5.91 Å². The molecule has 2 N–H and O–H groups in total. The van der Waals surface area contributed by atoms with Crippen molar-refractivity contribution in [2.75, 3.05) is 38.2 Å². The second-order valence-electron chi connectivity index (χ2n) is 5.38. The molecule has 1 amide bonds. The number of carbonyl (C=O) groups is 1. The van der Waals surface area contributed by atoms with E-state index in [1.807, 2.05) is 30.0 Å². The van der Waals surface area contributed by atoms with Gasteiger partial charge in [-0.15, -0.1) is 0 Å². The number of amides is 1. The molecule has 21 heavy (non-hydrogen) atoms. The second kappa shape index (κ2) is 7.31. The molecule has 0 unspecified atom stereocenters. The summed E-state index contributed by atoms with van der Waals surface area (Å²) in [7, 11) is 1.68. The van der Waals surface area contributed by atoms with E-state index in [2.05, 4.69) is 11.0 Å². The van der Waals surface area contributed by atoms with Crippen LogP contribution in [0.4, 0.5) is 5.69 Å². The lowest BCUT2D eigenvalue weighted by Gasteiger charge is -2.37. The molecule has 1 aliphatic rings. The third kappa shape index (κ3) is 3.67. The van der Waals surface area contributed by atoms with Gasteiger partial charge in [-0.05, 0) is 18.6 Å². The summed E-state index contributed by atoms with van der Waals surface area (Å²) in [4.78, 5) is 16.4. The van der Waals surface area contributed by atoms with Gasteiger partial charge in [0.25, 0.3) is 0 Å². The summed E-state index contributed by atoms with van der Waals surface area (Å²) >= 11 is 0. The SMILES string of the molecule is CCC[C@@H](N)C(=O)N1CCN(c2ccccc2OC)CC1. The molecule has 1 heterocycles. The van der Waals surface area contributed by atoms with Gasteiger partial charge in [0.05, 0.1) is 18.8 Å². The van der Waals surface area contributed by atoms with Crippen molar-refractivity contribution in [3.63, 3.8) is 0 Å². The maximum absolute atomic E-state index is 12.2. The number of rotatable bonds is 5. The standard InChI is InChI=1S/C16H25N3O2/c1-3-6-13(17)16(20)19-11-9-18(10-12-19)14-7-4-5-8-15(14)21-2/h4-5,7-8,13H,3,6,9-12,17H2,1-2H3/t13-/m1/s1. The molecule has 1 saturated heterocycles. The summed E-state index contributed by atoms with van der Waals surface area (Å²) in [5.74, 6) is 0.955. The molecule has 5 heteroatoms. The fraction of sp³-hybridized carbons (Fsp3) is 0.562. The van der Waals surface area contributed by atoms with Crippen molar-refractivity contribution < 1.29 is 9.53 Å². The fourth-order valence-corrected chi connectivity index (χ4v) is 2.73. The van der Waals surface area contributed by atoms with E-state index in [9.17, 15) is 4.79 Å². The summed E-state index contributed by atoms with van der Waals surface area (Å²) in [5.41, 5.74) is 7.01. The minimum atomic E-state index is -0.354. The lowest BCUT2D eigenvalue weighted by atomic mass is 10.1. The third-order valence-corrected chi connectivity index (χ3v) is 3.93. The average molecular weight is 291 g/mol. The number of piperazine rings is 1. The van der Waals surface area contributed by atoms with Gasteiger partial charge in [0.1, 0.15) is 5.75 Å². The summed E-state index contributed by atoms with van der Waals surface area (Å²) in [5, 5.41) is 0. The highest BCUT2D eigenvalue weighted by molar-refractivity contribution is 5.82. The van der Waals surface area contributed by atoms with Crippen molar-refractivity contribution in [2.24, 2.45) is 5.73 Å². The van der Waals surface area contributed by atoms with Crippen LogP contribution in [0.3, 0.4) is 0 Å². The molecule has 0 spiro atoms. The predicted octanol–water partition coefficient (Wildman–Crippen LogP) is 1.47. The highest BCUT2D eigenvalue weighted by Gasteiger charge is 2.25. The summed E-state index contributed by atoms with van der Waals surface area (Å²) in [6.07, 6.45) is 1.69. The maximum atomic E-state index is 12.2. The molecule has 1 aromatic carbocycles. The average Bonchev–Trinajstić information content (AvgIpc) is 2.54. The summed E-state index contributed by atoms with van der Waals surface area (Å²) < 4.78 is 5.40. The van der Waals surface area contributed by atoms with Crippen molar-refractivity contribution in [3.05, 3.63) is 24.3 Å². The molecule has 2 rings (SSSR count). The molecular formula is C16H25N3O2. The minimum Gasteiger partial charge on any atom is -0.495 e. The Hall–Kier alpha value is -1.75. The zero-order chi connectivity index (χ0) is 15.2. The lowest BCUT2D eigenvalue weighted by molar-refractivity contribution is -0.133. The van der Waals surface area contributed by atoms with E-state index in [4.69, 9.17) is 10.5 Å². The Bertz CT molecular complexity index is 470. The Morgan fingerprint density at radius 2 is 1.95 bits per heavy atom. The number of anilines is 1. The number of nitrogens with two attached hydrogens (primary N) is 1. The molecular weight excluding hydrogens is 266 g/mol. The highest BCUT2D eigenvalue weighted by atomic mass is 16.5. The van der Waals surface area contributed by atoms with Crippen LogP contribution in [0.25, 0.3) is 0 Å². The van der Waals surface area contributed by atoms with E-state index < -0.39 is 0 Å². The summed E-state index contributed by atoms with van der Waals surface area (Å²) in [6.45, 7) is 5.10. The number of carbonyl (C=O) groups excluding carboxylic acids is 1. The Balaban J connectivity index is 1.95. The van der Waals surface area contributed by atoms with E-state index in [1.165, 1.54) is 0 Å². The monoisotopic (exact) mass is 291 g/mol. The summed E-state index contributed by atoms with van der Waals surface area (Å²) in [6, 6.07) is 7.63. The van der Waals surface area contributed by atoms with Crippen LogP contribution in [0, 0.1) is 0 Å². The van der Waals surface area contributed by atoms with Crippen LogP contribution in [-0.4, -0.2) is 50.1 Å². The largest absolute Gasteiger partial charge is 0.495 e. The molecule has 1 fully saturated rings. The number of para-hydroxylation sites is 2. The molecule has 0 aromatic heterocycles. The van der Waals surface area contributed by atoms with Crippen molar-refractivity contribution in [1.29, 1.82) is 0 Å². The number of hydrogen-bond acceptors (Lipinski definition) is 4. The van der Waals surface area contributed by atoms with Gasteiger partial charge in [-0.1, -0.05) is 25.5 Å². The van der Waals surface area contributed by atoms with Gasteiger partial charge in [0, 0.05) is 26.2 Å². The van der Waals surface area contributed by atoms with Crippen LogP contribution in [0.2, 0.25) is 0 Å². The number of hydrogen-bond donors (Lipinski definition) is 1. The van der Waals surface area contributed by atoms with Crippen LogP contribution in [0.1, 0.15) is 19.8 Å². The van der Waals surface area contributed by atoms with Crippen LogP contribution in [-0.2, 0) is 4.79 Å². The number of ether oxygens (including phenoxy) is 1. The first kappa shape index (κ1) is 15.6. The zero-order valence-corrected chi connectivity index (χ0v) is 12.9. The fourth-order valence-electron chi connectivity index (χ4n) is 2.73. The third-order valence-electron chi connectivity index (χ3n) is 3.93. The molecule has 1 aromatic rings. The molecule has 0 bridgehead atoms. The van der Waals surface area contributed by atoms with E-state index in [0.29, 0.717) is 13.1 Å². The quantitative estimate of drug-likeness (QED) is 0.892. The van der Waals surface area contributed by atoms with E-state index in [0.717, 1.165) is 37.4 Å². The first-order chi connectivity index (χ1) is 10.2. The number of nitrogens with zero attached hydrogens (tertiary/aromatic N) is 2. The van der Waals surface area contributed by atoms with E-state index >= 15 is 0 Å². The first-order valence-corrected chi connectivity index (χ1v) is 7.59. The molecule has 0 radical (unpaired) electrons. The van der Waals surface area contributed by atoms with Crippen molar-refractivity contribution in [1.82, 2.24) is 4.90 Å². The topological polar surface area (TPSA) is 58.8 Å². The highest BCUT2D eigenvalue weighted by Crippen LogP contribution is 2.28. The van der Waals surface area contributed by atoms with Crippen LogP contribution in [0.5, 0.6) is 5.75 Å². The van der Waals surface area contributed by atoms with Crippen LogP contribution in [0.15, 0.2) is 24.3 Å². The molecule has 1 aliphatic heterocycles. The number of benzene rings is 1. The maximum Gasteiger partial charge on any atom is 0.239 e. The smallest absolute Gasteiger partial charge is 0.239 e. The van der Waals surface area contributed by atoms with E-state index in [-0.39, 0.29) is 11.9 Å². The van der Waals surface area contributed by atoms with Crippen molar-refractivity contribution in [3.8, 4) is 5.75 Å². The van der Waals surface area contributed by atoms with Crippen molar-refractivity contribution >= 4 is 11.6 Å². The normalized spacial score (nSPS) is 16.7. The zero-order valence-electron chi connectivity index (χ0n) is 12.9. The first-order valence-electron chi connectivity index (χ1n) is 7.59. The van der Waals surface area contributed by atoms with Crippen LogP contribution >= 0.6 is 0 Å². The van der Waals surface area contributed by atoms with Gasteiger partial charge in [-0.25, -0.2) is 0 Å². The Morgan fingerprint density at radius 3 is 2.57 bits per heavy atom. The van der Waals surface area contributed by atoms with Crippen molar-refractivity contribution in [2.45, 2.75) is 25.8 Å². The molecule has 0 saturated carbocycles. The molecule has 5 nitrogen and oxygen atoms in total. The molecule has 1 atom stereocenters. The van der Waals surface area contributed by atoms with Gasteiger partial charge in [-0.2, -0.15) is 0 Å². The Labute approximate surface area is 126 Å². The lowest BCUT2D eigenvalue weighted by Crippen LogP contribution is -2.53. The minimum absolute atomic E-state index is 0.0801. The van der Waals surface area contributed by atoms with Crippen LogP contribution < -0.4 is 15.4 Å². The van der Waals surface area contributed by atoms with E-state index in [1.54, 1.807) is 7.11 Å². The molecule has 116 valence electrons. The Morgan fingerprint density at radius 1 is 1.29 bits per heavy atom. The van der Waals surface area contributed by atoms with Gasteiger partial charge >= 0.3 is 0 Å². The number of methoxy groups -OCH3 is 1. The predicted molar refractivity (Wildman–Crippen MR) is 84.7 cm³/mol. The van der Waals surface area contributed by atoms with Gasteiger partial charge in [-0.3, -0.25) is 4.79 Å². The molecule has 0 aliphatic carbocycles. The second-order valence-corrected chi connectivity index (χ2v) is 5.38. The van der Waals surface area contributed by atoms with Gasteiger partial charge < -0.3 is 20.3 Å². The van der Waals surface area contributed by atoms with Gasteiger partial charge in [0.15, 0.2) is 0 Å².